The molecule has 0 fully saturated rings. The lowest BCUT2D eigenvalue weighted by Gasteiger charge is -2.30. The van der Waals surface area contributed by atoms with Crippen molar-refractivity contribution in [3.8, 4) is 0 Å². The third kappa shape index (κ3) is 3.54. The summed E-state index contributed by atoms with van der Waals surface area (Å²) < 4.78 is 5.14. The standard InChI is InChI=1S/C12H20ClN3O/c1-5-9(2)16(6-7-17-4)12-10(3)11(13)14-8-15-12/h8-9H,5-7H2,1-4H3. The number of rotatable bonds is 6. The van der Waals surface area contributed by atoms with Gasteiger partial charge in [-0.2, -0.15) is 0 Å². The third-order valence-corrected chi connectivity index (χ3v) is 3.31. The first-order valence-corrected chi connectivity index (χ1v) is 6.22. The minimum Gasteiger partial charge on any atom is -0.383 e. The highest BCUT2D eigenvalue weighted by Crippen LogP contribution is 2.24. The van der Waals surface area contributed by atoms with E-state index in [9.17, 15) is 0 Å². The van der Waals surface area contributed by atoms with E-state index in [1.54, 1.807) is 7.11 Å². The van der Waals surface area contributed by atoms with Crippen LogP contribution in [0.25, 0.3) is 0 Å². The number of aromatic nitrogens is 2. The van der Waals surface area contributed by atoms with E-state index < -0.39 is 0 Å². The predicted octanol–water partition coefficient (Wildman–Crippen LogP) is 2.69. The minimum atomic E-state index is 0.398. The largest absolute Gasteiger partial charge is 0.383 e. The van der Waals surface area contributed by atoms with E-state index in [-0.39, 0.29) is 0 Å². The topological polar surface area (TPSA) is 38.2 Å². The zero-order valence-corrected chi connectivity index (χ0v) is 11.7. The van der Waals surface area contributed by atoms with Crippen LogP contribution in [0.5, 0.6) is 0 Å². The molecule has 1 unspecified atom stereocenters. The number of nitrogens with zero attached hydrogens (tertiary/aromatic N) is 3. The monoisotopic (exact) mass is 257 g/mol. The van der Waals surface area contributed by atoms with E-state index in [1.807, 2.05) is 6.92 Å². The van der Waals surface area contributed by atoms with Crippen LogP contribution < -0.4 is 4.90 Å². The SMILES string of the molecule is CCC(C)N(CCOC)c1ncnc(Cl)c1C. The Balaban J connectivity index is 2.99. The number of halogens is 1. The first kappa shape index (κ1) is 14.2. The molecular weight excluding hydrogens is 238 g/mol. The summed E-state index contributed by atoms with van der Waals surface area (Å²) in [6, 6.07) is 0.398. The van der Waals surface area contributed by atoms with Crippen LogP contribution in [0.3, 0.4) is 0 Å². The highest BCUT2D eigenvalue weighted by Gasteiger charge is 2.17. The molecular formula is C12H20ClN3O. The minimum absolute atomic E-state index is 0.398. The number of ether oxygens (including phenoxy) is 1. The molecule has 0 aromatic carbocycles. The summed E-state index contributed by atoms with van der Waals surface area (Å²) in [6.45, 7) is 7.75. The van der Waals surface area contributed by atoms with Crippen molar-refractivity contribution < 1.29 is 4.74 Å². The van der Waals surface area contributed by atoms with Gasteiger partial charge in [-0.05, 0) is 20.3 Å². The van der Waals surface area contributed by atoms with Gasteiger partial charge < -0.3 is 9.64 Å². The Morgan fingerprint density at radius 2 is 2.18 bits per heavy atom. The molecule has 1 heterocycles. The van der Waals surface area contributed by atoms with Crippen LogP contribution in [0.4, 0.5) is 5.82 Å². The highest BCUT2D eigenvalue weighted by atomic mass is 35.5. The normalized spacial score (nSPS) is 12.5. The molecule has 17 heavy (non-hydrogen) atoms. The van der Waals surface area contributed by atoms with Crippen molar-refractivity contribution in [2.45, 2.75) is 33.2 Å². The summed E-state index contributed by atoms with van der Waals surface area (Å²) in [6.07, 6.45) is 2.55. The van der Waals surface area contributed by atoms with E-state index in [2.05, 4.69) is 28.7 Å². The van der Waals surface area contributed by atoms with Gasteiger partial charge in [0.25, 0.3) is 0 Å². The van der Waals surface area contributed by atoms with E-state index in [1.165, 1.54) is 6.33 Å². The summed E-state index contributed by atoms with van der Waals surface area (Å²) in [4.78, 5) is 10.5. The Morgan fingerprint density at radius 3 is 2.76 bits per heavy atom. The van der Waals surface area contributed by atoms with Gasteiger partial charge in [0.1, 0.15) is 17.3 Å². The predicted molar refractivity (Wildman–Crippen MR) is 70.8 cm³/mol. The molecule has 0 spiro atoms. The average molecular weight is 258 g/mol. The maximum absolute atomic E-state index is 6.03. The molecule has 0 N–H and O–H groups in total. The maximum Gasteiger partial charge on any atom is 0.137 e. The average Bonchev–Trinajstić information content (AvgIpc) is 2.34. The molecule has 0 saturated carbocycles. The van der Waals surface area contributed by atoms with Crippen molar-refractivity contribution in [3.63, 3.8) is 0 Å². The first-order chi connectivity index (χ1) is 8.11. The number of methoxy groups -OCH3 is 1. The van der Waals surface area contributed by atoms with E-state index in [0.29, 0.717) is 17.8 Å². The Bertz CT molecular complexity index is 360. The van der Waals surface area contributed by atoms with Gasteiger partial charge >= 0.3 is 0 Å². The molecule has 0 amide bonds. The van der Waals surface area contributed by atoms with Crippen molar-refractivity contribution in [1.29, 1.82) is 0 Å². The van der Waals surface area contributed by atoms with Crippen LogP contribution in [-0.2, 0) is 4.74 Å². The molecule has 0 aliphatic heterocycles. The lowest BCUT2D eigenvalue weighted by Crippen LogP contribution is -2.36. The van der Waals surface area contributed by atoms with Crippen LogP contribution in [0.1, 0.15) is 25.8 Å². The molecule has 96 valence electrons. The smallest absolute Gasteiger partial charge is 0.137 e. The Kier molecular flexibility index (Phi) is 5.65. The number of hydrogen-bond donors (Lipinski definition) is 0. The molecule has 0 bridgehead atoms. The van der Waals surface area contributed by atoms with E-state index in [0.717, 1.165) is 24.3 Å². The molecule has 0 saturated heterocycles. The zero-order valence-electron chi connectivity index (χ0n) is 10.9. The third-order valence-electron chi connectivity index (χ3n) is 2.93. The molecule has 0 aliphatic carbocycles. The molecule has 1 rings (SSSR count). The summed E-state index contributed by atoms with van der Waals surface area (Å²) in [7, 11) is 1.70. The van der Waals surface area contributed by atoms with Gasteiger partial charge in [0.15, 0.2) is 0 Å². The van der Waals surface area contributed by atoms with Gasteiger partial charge in [0.2, 0.25) is 0 Å². The molecule has 4 nitrogen and oxygen atoms in total. The Hall–Kier alpha value is -0.870. The fourth-order valence-electron chi connectivity index (χ4n) is 1.65. The van der Waals surface area contributed by atoms with Crippen molar-refractivity contribution in [2.75, 3.05) is 25.2 Å². The van der Waals surface area contributed by atoms with E-state index >= 15 is 0 Å². The van der Waals surface area contributed by atoms with Gasteiger partial charge in [-0.3, -0.25) is 0 Å². The fraction of sp³-hybridized carbons (Fsp3) is 0.667. The first-order valence-electron chi connectivity index (χ1n) is 5.84. The van der Waals surface area contributed by atoms with E-state index in [4.69, 9.17) is 16.3 Å². The molecule has 0 aliphatic rings. The Morgan fingerprint density at radius 1 is 1.47 bits per heavy atom. The van der Waals surface area contributed by atoms with Gasteiger partial charge in [-0.15, -0.1) is 0 Å². The van der Waals surface area contributed by atoms with Gasteiger partial charge in [-0.1, -0.05) is 18.5 Å². The second-order valence-corrected chi connectivity index (χ2v) is 4.41. The number of anilines is 1. The molecule has 0 radical (unpaired) electrons. The zero-order chi connectivity index (χ0) is 12.8. The van der Waals surface area contributed by atoms with Crippen molar-refractivity contribution in [3.05, 3.63) is 17.0 Å². The summed E-state index contributed by atoms with van der Waals surface area (Å²) in [5.74, 6) is 0.899. The van der Waals surface area contributed by atoms with Crippen LogP contribution in [0.15, 0.2) is 6.33 Å². The van der Waals surface area contributed by atoms with Crippen LogP contribution in [0.2, 0.25) is 5.15 Å². The van der Waals surface area contributed by atoms with Crippen LogP contribution >= 0.6 is 11.6 Å². The highest BCUT2D eigenvalue weighted by molar-refractivity contribution is 6.30. The van der Waals surface area contributed by atoms with Gasteiger partial charge in [0.05, 0.1) is 6.61 Å². The van der Waals surface area contributed by atoms with Crippen LogP contribution in [-0.4, -0.2) is 36.3 Å². The Labute approximate surface area is 108 Å². The summed E-state index contributed by atoms with van der Waals surface area (Å²) >= 11 is 6.03. The van der Waals surface area contributed by atoms with Crippen molar-refractivity contribution in [2.24, 2.45) is 0 Å². The van der Waals surface area contributed by atoms with Gasteiger partial charge in [0, 0.05) is 25.3 Å². The van der Waals surface area contributed by atoms with Gasteiger partial charge in [-0.25, -0.2) is 9.97 Å². The molecule has 5 heteroatoms. The van der Waals surface area contributed by atoms with Crippen LogP contribution in [0, 0.1) is 6.92 Å². The quantitative estimate of drug-likeness (QED) is 0.735. The van der Waals surface area contributed by atoms with Crippen molar-refractivity contribution in [1.82, 2.24) is 9.97 Å². The molecule has 1 atom stereocenters. The second-order valence-electron chi connectivity index (χ2n) is 4.06. The molecule has 1 aromatic heterocycles. The van der Waals surface area contributed by atoms with Crippen molar-refractivity contribution >= 4 is 17.4 Å². The maximum atomic E-state index is 6.03. The fourth-order valence-corrected chi connectivity index (χ4v) is 1.78. The lowest BCUT2D eigenvalue weighted by molar-refractivity contribution is 0.203. The summed E-state index contributed by atoms with van der Waals surface area (Å²) in [5, 5.41) is 0.515. The summed E-state index contributed by atoms with van der Waals surface area (Å²) in [5.41, 5.74) is 0.922. The number of hydrogen-bond acceptors (Lipinski definition) is 4. The lowest BCUT2D eigenvalue weighted by atomic mass is 10.2. The molecule has 1 aromatic rings. The second kappa shape index (κ2) is 6.77.